The largest absolute Gasteiger partial charge is 0.495 e. The van der Waals surface area contributed by atoms with Crippen molar-refractivity contribution >= 4 is 33.2 Å². The van der Waals surface area contributed by atoms with Gasteiger partial charge in [-0.3, -0.25) is 0 Å². The van der Waals surface area contributed by atoms with Crippen molar-refractivity contribution in [2.45, 2.75) is 13.5 Å². The molecular weight excluding hydrogens is 326 g/mol. The maximum Gasteiger partial charge on any atom is 0.137 e. The van der Waals surface area contributed by atoms with Gasteiger partial charge in [0.05, 0.1) is 12.1 Å². The Hall–Kier alpha value is -1.19. The van der Waals surface area contributed by atoms with Crippen LogP contribution in [0.2, 0.25) is 5.02 Å². The van der Waals surface area contributed by atoms with Gasteiger partial charge >= 0.3 is 0 Å². The quantitative estimate of drug-likeness (QED) is 0.842. The van der Waals surface area contributed by atoms with Crippen LogP contribution in [0.5, 0.6) is 5.75 Å². The molecule has 0 radical (unpaired) electrons. The van der Waals surface area contributed by atoms with Crippen molar-refractivity contribution in [1.29, 1.82) is 0 Å². The van der Waals surface area contributed by atoms with Gasteiger partial charge in [-0.2, -0.15) is 0 Å². The summed E-state index contributed by atoms with van der Waals surface area (Å²) in [4.78, 5) is 0. The van der Waals surface area contributed by atoms with E-state index in [1.54, 1.807) is 7.11 Å². The smallest absolute Gasteiger partial charge is 0.137 e. The highest BCUT2D eigenvalue weighted by molar-refractivity contribution is 9.10. The summed E-state index contributed by atoms with van der Waals surface area (Å²) >= 11 is 9.59. The highest BCUT2D eigenvalue weighted by Crippen LogP contribution is 2.25. The van der Waals surface area contributed by atoms with Gasteiger partial charge in [0, 0.05) is 16.7 Å². The molecule has 0 amide bonds. The van der Waals surface area contributed by atoms with Crippen molar-refractivity contribution in [3.8, 4) is 5.75 Å². The van der Waals surface area contributed by atoms with Gasteiger partial charge < -0.3 is 10.1 Å². The molecule has 0 aliphatic heterocycles. The van der Waals surface area contributed by atoms with E-state index >= 15 is 0 Å². The van der Waals surface area contributed by atoms with E-state index in [4.69, 9.17) is 16.3 Å². The van der Waals surface area contributed by atoms with Crippen LogP contribution in [0.1, 0.15) is 11.1 Å². The molecule has 0 heterocycles. The molecule has 2 nitrogen and oxygen atoms in total. The van der Waals surface area contributed by atoms with Gasteiger partial charge in [0.15, 0.2) is 0 Å². The predicted octanol–water partition coefficient (Wildman–Crippen LogP) is 5.03. The maximum absolute atomic E-state index is 6.10. The molecule has 0 unspecified atom stereocenters. The lowest BCUT2D eigenvalue weighted by molar-refractivity contribution is 0.415. The molecule has 0 aromatic heterocycles. The molecule has 2 aromatic rings. The van der Waals surface area contributed by atoms with Crippen molar-refractivity contribution in [2.24, 2.45) is 0 Å². The predicted molar refractivity (Wildman–Crippen MR) is 84.2 cm³/mol. The first kappa shape index (κ1) is 14.2. The van der Waals surface area contributed by atoms with Gasteiger partial charge in [-0.25, -0.2) is 0 Å². The van der Waals surface area contributed by atoms with Gasteiger partial charge in [0.2, 0.25) is 0 Å². The maximum atomic E-state index is 6.10. The topological polar surface area (TPSA) is 21.3 Å². The van der Waals surface area contributed by atoms with E-state index < -0.39 is 0 Å². The van der Waals surface area contributed by atoms with E-state index in [1.807, 2.05) is 30.3 Å². The minimum Gasteiger partial charge on any atom is -0.495 e. The second-order valence-corrected chi connectivity index (χ2v) is 5.55. The monoisotopic (exact) mass is 339 g/mol. The zero-order chi connectivity index (χ0) is 13.8. The van der Waals surface area contributed by atoms with Crippen LogP contribution >= 0.6 is 27.5 Å². The van der Waals surface area contributed by atoms with Gasteiger partial charge in [-0.1, -0.05) is 33.6 Å². The number of hydrogen-bond acceptors (Lipinski definition) is 2. The van der Waals surface area contributed by atoms with Crippen LogP contribution in [0.4, 0.5) is 5.69 Å². The van der Waals surface area contributed by atoms with Crippen LogP contribution in [-0.4, -0.2) is 7.11 Å². The van der Waals surface area contributed by atoms with E-state index in [0.29, 0.717) is 10.8 Å². The number of benzene rings is 2. The Morgan fingerprint density at radius 2 is 2.00 bits per heavy atom. The number of rotatable bonds is 4. The van der Waals surface area contributed by atoms with Gasteiger partial charge in [-0.05, 0) is 48.4 Å². The molecule has 0 spiro atoms. The summed E-state index contributed by atoms with van der Waals surface area (Å²) in [5, 5.41) is 4.01. The van der Waals surface area contributed by atoms with E-state index in [1.165, 1.54) is 5.56 Å². The number of halogens is 2. The number of aryl methyl sites for hydroxylation is 1. The molecule has 1 N–H and O–H groups in total. The molecule has 19 heavy (non-hydrogen) atoms. The molecular formula is C15H15BrClNO. The lowest BCUT2D eigenvalue weighted by atomic mass is 10.2. The third-order valence-corrected chi connectivity index (χ3v) is 4.06. The summed E-state index contributed by atoms with van der Waals surface area (Å²) in [7, 11) is 1.61. The summed E-state index contributed by atoms with van der Waals surface area (Å²) in [5.74, 6) is 0.699. The van der Waals surface area contributed by atoms with Crippen molar-refractivity contribution in [2.75, 3.05) is 12.4 Å². The lowest BCUT2D eigenvalue weighted by Gasteiger charge is -2.10. The average Bonchev–Trinajstić information content (AvgIpc) is 2.40. The Morgan fingerprint density at radius 1 is 1.21 bits per heavy atom. The first-order chi connectivity index (χ1) is 9.10. The fraction of sp³-hybridized carbons (Fsp3) is 0.200. The zero-order valence-corrected chi connectivity index (χ0v) is 13.2. The van der Waals surface area contributed by atoms with Crippen molar-refractivity contribution in [3.05, 3.63) is 57.0 Å². The van der Waals surface area contributed by atoms with Gasteiger partial charge in [0.1, 0.15) is 5.75 Å². The van der Waals surface area contributed by atoms with E-state index in [2.05, 4.69) is 34.2 Å². The standard InChI is InChI=1S/C15H15BrClNO/c1-10-7-12(4-5-13(10)16)18-9-11-3-6-15(19-2)14(17)8-11/h3-8,18H,9H2,1-2H3. The molecule has 0 saturated heterocycles. The second kappa shape index (κ2) is 6.31. The minimum atomic E-state index is 0.633. The van der Waals surface area contributed by atoms with Crippen LogP contribution in [0.15, 0.2) is 40.9 Å². The van der Waals surface area contributed by atoms with E-state index in [-0.39, 0.29) is 0 Å². The van der Waals surface area contributed by atoms with Crippen LogP contribution < -0.4 is 10.1 Å². The molecule has 0 atom stereocenters. The molecule has 0 fully saturated rings. The van der Waals surface area contributed by atoms with Crippen LogP contribution in [0, 0.1) is 6.92 Å². The van der Waals surface area contributed by atoms with Crippen LogP contribution in [0.3, 0.4) is 0 Å². The fourth-order valence-corrected chi connectivity index (χ4v) is 2.31. The number of nitrogens with one attached hydrogen (secondary N) is 1. The summed E-state index contributed by atoms with van der Waals surface area (Å²) < 4.78 is 6.25. The molecule has 0 aliphatic rings. The SMILES string of the molecule is COc1ccc(CNc2ccc(Br)c(C)c2)cc1Cl. The molecule has 0 aliphatic carbocycles. The summed E-state index contributed by atoms with van der Waals surface area (Å²) in [6, 6.07) is 12.0. The van der Waals surface area contributed by atoms with E-state index in [0.717, 1.165) is 22.3 Å². The lowest BCUT2D eigenvalue weighted by Crippen LogP contribution is -2.00. The first-order valence-electron chi connectivity index (χ1n) is 5.92. The fourth-order valence-electron chi connectivity index (χ4n) is 1.78. The van der Waals surface area contributed by atoms with Crippen LogP contribution in [0.25, 0.3) is 0 Å². The number of hydrogen-bond donors (Lipinski definition) is 1. The Labute approximate surface area is 126 Å². The summed E-state index contributed by atoms with van der Waals surface area (Å²) in [5.41, 5.74) is 3.41. The third-order valence-electron chi connectivity index (χ3n) is 2.87. The second-order valence-electron chi connectivity index (χ2n) is 4.29. The average molecular weight is 341 g/mol. The molecule has 4 heteroatoms. The summed E-state index contributed by atoms with van der Waals surface area (Å²) in [6.07, 6.45) is 0. The number of ether oxygens (including phenoxy) is 1. The normalized spacial score (nSPS) is 10.3. The molecule has 2 rings (SSSR count). The summed E-state index contributed by atoms with van der Waals surface area (Å²) in [6.45, 7) is 2.80. The van der Waals surface area contributed by atoms with Crippen molar-refractivity contribution < 1.29 is 4.74 Å². The molecule has 0 saturated carbocycles. The minimum absolute atomic E-state index is 0.633. The highest BCUT2D eigenvalue weighted by Gasteiger charge is 2.02. The number of anilines is 1. The Kier molecular flexibility index (Phi) is 4.72. The Balaban J connectivity index is 2.05. The van der Waals surface area contributed by atoms with Crippen molar-refractivity contribution in [3.63, 3.8) is 0 Å². The van der Waals surface area contributed by atoms with E-state index in [9.17, 15) is 0 Å². The first-order valence-corrected chi connectivity index (χ1v) is 7.09. The van der Waals surface area contributed by atoms with Gasteiger partial charge in [-0.15, -0.1) is 0 Å². The molecule has 0 bridgehead atoms. The van der Waals surface area contributed by atoms with Crippen LogP contribution in [-0.2, 0) is 6.54 Å². The Morgan fingerprint density at radius 3 is 2.63 bits per heavy atom. The highest BCUT2D eigenvalue weighted by atomic mass is 79.9. The number of methoxy groups -OCH3 is 1. The molecule has 100 valence electrons. The Bertz CT molecular complexity index is 586. The van der Waals surface area contributed by atoms with Gasteiger partial charge in [0.25, 0.3) is 0 Å². The van der Waals surface area contributed by atoms with Crippen molar-refractivity contribution in [1.82, 2.24) is 0 Å². The molecule has 2 aromatic carbocycles. The zero-order valence-electron chi connectivity index (χ0n) is 10.8. The third kappa shape index (κ3) is 3.64.